The maximum Gasteiger partial charge on any atom is 0.222 e. The van der Waals surface area contributed by atoms with Crippen molar-refractivity contribution in [3.8, 4) is 0 Å². The van der Waals surface area contributed by atoms with Gasteiger partial charge in [0.15, 0.2) is 0 Å². The van der Waals surface area contributed by atoms with E-state index in [1.165, 1.54) is 23.5 Å². The highest BCUT2D eigenvalue weighted by Crippen LogP contribution is 2.38. The van der Waals surface area contributed by atoms with E-state index < -0.39 is 0 Å². The van der Waals surface area contributed by atoms with Crippen LogP contribution in [0.2, 0.25) is 0 Å². The molecule has 0 spiro atoms. The first kappa shape index (κ1) is 15.8. The Morgan fingerprint density at radius 1 is 1.12 bits per heavy atom. The van der Waals surface area contributed by atoms with Gasteiger partial charge in [-0.3, -0.25) is 0 Å². The Kier molecular flexibility index (Phi) is 3.99. The fourth-order valence-electron chi connectivity index (χ4n) is 3.46. The van der Waals surface area contributed by atoms with Crippen LogP contribution in [0.25, 0.3) is 0 Å². The summed E-state index contributed by atoms with van der Waals surface area (Å²) < 4.78 is 16.1. The maximum atomic E-state index is 14.4. The lowest BCUT2D eigenvalue weighted by Gasteiger charge is -2.32. The van der Waals surface area contributed by atoms with Gasteiger partial charge in [-0.2, -0.15) is 10.1 Å². The third-order valence-electron chi connectivity index (χ3n) is 4.90. The highest BCUT2D eigenvalue weighted by Gasteiger charge is 2.31. The van der Waals surface area contributed by atoms with Gasteiger partial charge in [-0.05, 0) is 29.5 Å². The van der Waals surface area contributed by atoms with Crippen molar-refractivity contribution in [3.05, 3.63) is 77.4 Å². The predicted octanol–water partition coefficient (Wildman–Crippen LogP) is 4.69. The SMILES string of the molecule is CC(C)c1ccc([C@H]2C[C@H](c3ccccc3F)n3ncnc3N2)cc1. The van der Waals surface area contributed by atoms with Gasteiger partial charge in [0.1, 0.15) is 12.1 Å². The first-order valence-electron chi connectivity index (χ1n) is 8.64. The molecule has 2 aromatic carbocycles. The topological polar surface area (TPSA) is 42.7 Å². The van der Waals surface area contributed by atoms with Crippen LogP contribution in [0.15, 0.2) is 54.9 Å². The van der Waals surface area contributed by atoms with Crippen molar-refractivity contribution < 1.29 is 4.39 Å². The standard InChI is InChI=1S/C20H21FN4/c1-13(2)14-7-9-15(10-8-14)18-11-19(16-5-3-4-6-17(16)21)25-20(24-18)22-12-23-25/h3-10,12-13,18-19H,11H2,1-2H3,(H,22,23,24)/t18-,19-/m1/s1. The van der Waals surface area contributed by atoms with E-state index in [4.69, 9.17) is 0 Å². The van der Waals surface area contributed by atoms with Gasteiger partial charge >= 0.3 is 0 Å². The summed E-state index contributed by atoms with van der Waals surface area (Å²) in [5, 5.41) is 7.73. The number of fused-ring (bicyclic) bond motifs is 1. The lowest BCUT2D eigenvalue weighted by atomic mass is 9.92. The number of hydrogen-bond acceptors (Lipinski definition) is 3. The number of rotatable bonds is 3. The molecule has 2 heterocycles. The summed E-state index contributed by atoms with van der Waals surface area (Å²) in [5.41, 5.74) is 3.15. The number of aromatic nitrogens is 3. The molecule has 1 N–H and O–H groups in total. The van der Waals surface area contributed by atoms with Gasteiger partial charge in [0, 0.05) is 5.56 Å². The second-order valence-corrected chi connectivity index (χ2v) is 6.82. The van der Waals surface area contributed by atoms with Crippen LogP contribution in [0.3, 0.4) is 0 Å². The van der Waals surface area contributed by atoms with Crippen LogP contribution in [-0.2, 0) is 0 Å². The van der Waals surface area contributed by atoms with Crippen molar-refractivity contribution in [2.45, 2.75) is 38.3 Å². The molecule has 1 aliphatic rings. The summed E-state index contributed by atoms with van der Waals surface area (Å²) in [6, 6.07) is 15.4. The van der Waals surface area contributed by atoms with Crippen LogP contribution in [0.1, 0.15) is 55.0 Å². The lowest BCUT2D eigenvalue weighted by Crippen LogP contribution is -2.28. The van der Waals surface area contributed by atoms with E-state index in [-0.39, 0.29) is 17.9 Å². The maximum absolute atomic E-state index is 14.4. The van der Waals surface area contributed by atoms with Crippen molar-refractivity contribution >= 4 is 5.95 Å². The van der Waals surface area contributed by atoms with Crippen molar-refractivity contribution in [2.75, 3.05) is 5.32 Å². The van der Waals surface area contributed by atoms with Gasteiger partial charge in [-0.1, -0.05) is 56.3 Å². The minimum Gasteiger partial charge on any atom is -0.348 e. The fraction of sp³-hybridized carbons (Fsp3) is 0.300. The van der Waals surface area contributed by atoms with E-state index in [0.29, 0.717) is 17.4 Å². The Morgan fingerprint density at radius 2 is 1.88 bits per heavy atom. The molecule has 1 aliphatic heterocycles. The Labute approximate surface area is 146 Å². The predicted molar refractivity (Wildman–Crippen MR) is 96.1 cm³/mol. The molecule has 0 bridgehead atoms. The molecule has 5 heteroatoms. The molecular weight excluding hydrogens is 315 g/mol. The van der Waals surface area contributed by atoms with Crippen LogP contribution in [-0.4, -0.2) is 14.8 Å². The van der Waals surface area contributed by atoms with Crippen molar-refractivity contribution in [3.63, 3.8) is 0 Å². The van der Waals surface area contributed by atoms with Crippen LogP contribution >= 0.6 is 0 Å². The number of anilines is 1. The Morgan fingerprint density at radius 3 is 2.60 bits per heavy atom. The Balaban J connectivity index is 1.70. The smallest absolute Gasteiger partial charge is 0.222 e. The summed E-state index contributed by atoms with van der Waals surface area (Å²) in [7, 11) is 0. The zero-order chi connectivity index (χ0) is 17.4. The zero-order valence-electron chi connectivity index (χ0n) is 14.4. The number of hydrogen-bond donors (Lipinski definition) is 1. The summed E-state index contributed by atoms with van der Waals surface area (Å²) in [4.78, 5) is 4.30. The molecule has 0 fully saturated rings. The molecule has 0 radical (unpaired) electrons. The molecule has 4 nitrogen and oxygen atoms in total. The van der Waals surface area contributed by atoms with Crippen LogP contribution in [0.5, 0.6) is 0 Å². The number of nitrogens with one attached hydrogen (secondary N) is 1. The van der Waals surface area contributed by atoms with Gasteiger partial charge in [-0.15, -0.1) is 0 Å². The van der Waals surface area contributed by atoms with Gasteiger partial charge in [0.25, 0.3) is 0 Å². The molecule has 2 atom stereocenters. The van der Waals surface area contributed by atoms with Gasteiger partial charge < -0.3 is 5.32 Å². The molecule has 0 unspecified atom stereocenters. The third kappa shape index (κ3) is 2.90. The zero-order valence-corrected chi connectivity index (χ0v) is 14.4. The van der Waals surface area contributed by atoms with Crippen LogP contribution < -0.4 is 5.32 Å². The second kappa shape index (κ2) is 6.31. The minimum absolute atomic E-state index is 0.0718. The normalized spacial score (nSPS) is 19.5. The summed E-state index contributed by atoms with van der Waals surface area (Å²) in [6.07, 6.45) is 2.23. The van der Waals surface area contributed by atoms with Crippen molar-refractivity contribution in [2.24, 2.45) is 0 Å². The summed E-state index contributed by atoms with van der Waals surface area (Å²) in [5.74, 6) is 0.977. The molecule has 0 amide bonds. The highest BCUT2D eigenvalue weighted by molar-refractivity contribution is 5.39. The van der Waals surface area contributed by atoms with Crippen molar-refractivity contribution in [1.82, 2.24) is 14.8 Å². The van der Waals surface area contributed by atoms with E-state index in [9.17, 15) is 4.39 Å². The number of benzene rings is 2. The average molecular weight is 336 g/mol. The van der Waals surface area contributed by atoms with Gasteiger partial charge in [0.2, 0.25) is 5.95 Å². The van der Waals surface area contributed by atoms with Gasteiger partial charge in [0.05, 0.1) is 12.1 Å². The Hall–Kier alpha value is -2.69. The van der Waals surface area contributed by atoms with Crippen molar-refractivity contribution in [1.29, 1.82) is 0 Å². The van der Waals surface area contributed by atoms with E-state index >= 15 is 0 Å². The Bertz CT molecular complexity index is 869. The molecular formula is C20H21FN4. The van der Waals surface area contributed by atoms with Crippen LogP contribution in [0, 0.1) is 5.82 Å². The van der Waals surface area contributed by atoms with Gasteiger partial charge in [-0.25, -0.2) is 9.07 Å². The lowest BCUT2D eigenvalue weighted by molar-refractivity contribution is 0.415. The molecule has 128 valence electrons. The quantitative estimate of drug-likeness (QED) is 0.755. The van der Waals surface area contributed by atoms with E-state index in [2.05, 4.69) is 53.5 Å². The summed E-state index contributed by atoms with van der Waals surface area (Å²) >= 11 is 0. The molecule has 1 aromatic heterocycles. The highest BCUT2D eigenvalue weighted by atomic mass is 19.1. The monoisotopic (exact) mass is 336 g/mol. The molecule has 4 rings (SSSR count). The molecule has 0 saturated heterocycles. The van der Waals surface area contributed by atoms with E-state index in [1.807, 2.05) is 12.1 Å². The number of halogens is 1. The van der Waals surface area contributed by atoms with Crippen LogP contribution in [0.4, 0.5) is 10.3 Å². The average Bonchev–Trinajstić information content (AvgIpc) is 3.10. The number of nitrogens with zero attached hydrogens (tertiary/aromatic N) is 3. The third-order valence-corrected chi connectivity index (χ3v) is 4.90. The summed E-state index contributed by atoms with van der Waals surface area (Å²) in [6.45, 7) is 4.37. The second-order valence-electron chi connectivity index (χ2n) is 6.82. The van der Waals surface area contributed by atoms with E-state index in [1.54, 1.807) is 10.7 Å². The molecule has 25 heavy (non-hydrogen) atoms. The first-order chi connectivity index (χ1) is 12.1. The fourth-order valence-corrected chi connectivity index (χ4v) is 3.46. The molecule has 0 saturated carbocycles. The molecule has 0 aliphatic carbocycles. The minimum atomic E-state index is -0.204. The first-order valence-corrected chi connectivity index (χ1v) is 8.64. The van der Waals surface area contributed by atoms with E-state index in [0.717, 1.165) is 6.42 Å². The molecule has 3 aromatic rings. The largest absolute Gasteiger partial charge is 0.348 e.